The maximum absolute atomic E-state index is 13.7. The fourth-order valence-electron chi connectivity index (χ4n) is 1.60. The van der Waals surface area contributed by atoms with E-state index in [2.05, 4.69) is 6.92 Å². The fraction of sp³-hybridized carbons (Fsp3) is 0.571. The highest BCUT2D eigenvalue weighted by atomic mass is 35.5. The van der Waals surface area contributed by atoms with Crippen LogP contribution in [0, 0.1) is 5.82 Å². The molecule has 0 unspecified atom stereocenters. The van der Waals surface area contributed by atoms with Gasteiger partial charge in [-0.05, 0) is 25.5 Å². The predicted molar refractivity (Wildman–Crippen MR) is 72.2 cm³/mol. The molecule has 0 N–H and O–H groups in total. The van der Waals surface area contributed by atoms with E-state index >= 15 is 0 Å². The van der Waals surface area contributed by atoms with E-state index in [9.17, 15) is 4.39 Å². The standard InChI is InChI=1S/C14H20ClFO2/c1-3-5-6-7-10-18-11-8-9-12(17-4-2)14(16)13(11)15/h8-9H,3-7,10H2,1-2H3. The Morgan fingerprint density at radius 3 is 2.44 bits per heavy atom. The quantitative estimate of drug-likeness (QED) is 0.632. The molecule has 0 bridgehead atoms. The lowest BCUT2D eigenvalue weighted by molar-refractivity contribution is 0.297. The maximum Gasteiger partial charge on any atom is 0.187 e. The van der Waals surface area contributed by atoms with Gasteiger partial charge in [0.1, 0.15) is 10.8 Å². The number of hydrogen-bond donors (Lipinski definition) is 0. The SMILES string of the molecule is CCCCCCOc1ccc(OCC)c(F)c1Cl. The number of unbranched alkanes of at least 4 members (excludes halogenated alkanes) is 3. The highest BCUT2D eigenvalue weighted by molar-refractivity contribution is 6.32. The van der Waals surface area contributed by atoms with E-state index in [0.717, 1.165) is 12.8 Å². The molecular formula is C14H20ClFO2. The minimum Gasteiger partial charge on any atom is -0.492 e. The summed E-state index contributed by atoms with van der Waals surface area (Å²) in [6, 6.07) is 3.20. The Hall–Kier alpha value is -0.960. The first-order chi connectivity index (χ1) is 8.70. The first kappa shape index (κ1) is 15.1. The van der Waals surface area contributed by atoms with Crippen molar-refractivity contribution in [3.05, 3.63) is 23.0 Å². The summed E-state index contributed by atoms with van der Waals surface area (Å²) in [6.07, 6.45) is 4.44. The average Bonchev–Trinajstić information content (AvgIpc) is 2.37. The summed E-state index contributed by atoms with van der Waals surface area (Å²) in [6.45, 7) is 4.92. The smallest absolute Gasteiger partial charge is 0.187 e. The minimum atomic E-state index is -0.551. The molecule has 0 aliphatic rings. The van der Waals surface area contributed by atoms with Gasteiger partial charge in [-0.3, -0.25) is 0 Å². The van der Waals surface area contributed by atoms with Crippen LogP contribution in [0.15, 0.2) is 12.1 Å². The third-order valence-electron chi connectivity index (χ3n) is 2.57. The molecule has 0 fully saturated rings. The van der Waals surface area contributed by atoms with Crippen molar-refractivity contribution in [3.63, 3.8) is 0 Å². The molecule has 0 saturated carbocycles. The molecule has 0 saturated heterocycles. The van der Waals surface area contributed by atoms with Gasteiger partial charge in [-0.15, -0.1) is 0 Å². The largest absolute Gasteiger partial charge is 0.492 e. The lowest BCUT2D eigenvalue weighted by Gasteiger charge is -2.11. The van der Waals surface area contributed by atoms with Gasteiger partial charge in [0.15, 0.2) is 11.6 Å². The fourth-order valence-corrected chi connectivity index (χ4v) is 1.81. The van der Waals surface area contributed by atoms with Gasteiger partial charge in [0.2, 0.25) is 0 Å². The van der Waals surface area contributed by atoms with Gasteiger partial charge in [-0.1, -0.05) is 37.8 Å². The van der Waals surface area contributed by atoms with Crippen molar-refractivity contribution in [3.8, 4) is 11.5 Å². The minimum absolute atomic E-state index is 0.00329. The highest BCUT2D eigenvalue weighted by Gasteiger charge is 2.13. The van der Waals surface area contributed by atoms with Crippen LogP contribution in [-0.4, -0.2) is 13.2 Å². The summed E-state index contributed by atoms with van der Waals surface area (Å²) >= 11 is 5.89. The number of ether oxygens (including phenoxy) is 2. The summed E-state index contributed by atoms with van der Waals surface area (Å²) in [5.41, 5.74) is 0. The molecule has 0 radical (unpaired) electrons. The summed E-state index contributed by atoms with van der Waals surface area (Å²) in [5.74, 6) is -0.000439. The average molecular weight is 275 g/mol. The van der Waals surface area contributed by atoms with E-state index in [1.165, 1.54) is 12.8 Å². The molecule has 0 heterocycles. The van der Waals surface area contributed by atoms with Crippen LogP contribution in [-0.2, 0) is 0 Å². The van der Waals surface area contributed by atoms with Gasteiger partial charge in [0.25, 0.3) is 0 Å². The Labute approximate surface area is 113 Å². The summed E-state index contributed by atoms with van der Waals surface area (Å²) in [4.78, 5) is 0. The molecule has 1 rings (SSSR count). The van der Waals surface area contributed by atoms with Gasteiger partial charge in [0, 0.05) is 0 Å². The van der Waals surface area contributed by atoms with Crippen LogP contribution in [0.5, 0.6) is 11.5 Å². The molecule has 0 aliphatic heterocycles. The summed E-state index contributed by atoms with van der Waals surface area (Å²) in [7, 11) is 0. The van der Waals surface area contributed by atoms with Gasteiger partial charge >= 0.3 is 0 Å². The van der Waals surface area contributed by atoms with Gasteiger partial charge < -0.3 is 9.47 Å². The molecule has 18 heavy (non-hydrogen) atoms. The van der Waals surface area contributed by atoms with Crippen molar-refractivity contribution in [2.24, 2.45) is 0 Å². The molecule has 0 atom stereocenters. The second-order valence-corrected chi connectivity index (χ2v) is 4.41. The number of benzene rings is 1. The van der Waals surface area contributed by atoms with E-state index in [0.29, 0.717) is 19.0 Å². The number of hydrogen-bond acceptors (Lipinski definition) is 2. The zero-order valence-corrected chi connectivity index (χ0v) is 11.7. The van der Waals surface area contributed by atoms with Crippen LogP contribution >= 0.6 is 11.6 Å². The Kier molecular flexibility index (Phi) is 6.88. The molecule has 0 aromatic heterocycles. The van der Waals surface area contributed by atoms with Crippen molar-refractivity contribution in [2.45, 2.75) is 39.5 Å². The van der Waals surface area contributed by atoms with Gasteiger partial charge in [0.05, 0.1) is 13.2 Å². The molecule has 0 spiro atoms. The molecule has 4 heteroatoms. The monoisotopic (exact) mass is 274 g/mol. The van der Waals surface area contributed by atoms with Crippen LogP contribution in [0.1, 0.15) is 39.5 Å². The molecule has 1 aromatic rings. The molecule has 0 amide bonds. The van der Waals surface area contributed by atoms with E-state index in [-0.39, 0.29) is 10.8 Å². The van der Waals surface area contributed by atoms with E-state index < -0.39 is 5.82 Å². The van der Waals surface area contributed by atoms with Crippen molar-refractivity contribution in [1.29, 1.82) is 0 Å². The first-order valence-corrected chi connectivity index (χ1v) is 6.82. The zero-order valence-electron chi connectivity index (χ0n) is 11.0. The second kappa shape index (κ2) is 8.20. The van der Waals surface area contributed by atoms with Crippen LogP contribution in [0.25, 0.3) is 0 Å². The van der Waals surface area contributed by atoms with Crippen LogP contribution in [0.2, 0.25) is 5.02 Å². The molecular weight excluding hydrogens is 255 g/mol. The lowest BCUT2D eigenvalue weighted by Crippen LogP contribution is -2.00. The number of halogens is 2. The van der Waals surface area contributed by atoms with E-state index in [1.807, 2.05) is 0 Å². The van der Waals surface area contributed by atoms with Gasteiger partial charge in [-0.2, -0.15) is 0 Å². The summed E-state index contributed by atoms with van der Waals surface area (Å²) < 4.78 is 24.3. The Morgan fingerprint density at radius 1 is 1.06 bits per heavy atom. The molecule has 0 aliphatic carbocycles. The topological polar surface area (TPSA) is 18.5 Å². The van der Waals surface area contributed by atoms with Crippen LogP contribution in [0.4, 0.5) is 4.39 Å². The Balaban J connectivity index is 2.54. The Bertz CT molecular complexity index is 369. The third kappa shape index (κ3) is 4.37. The van der Waals surface area contributed by atoms with Crippen molar-refractivity contribution in [2.75, 3.05) is 13.2 Å². The van der Waals surface area contributed by atoms with Crippen molar-refractivity contribution in [1.82, 2.24) is 0 Å². The normalized spacial score (nSPS) is 10.4. The predicted octanol–water partition coefficient (Wildman–Crippen LogP) is 4.84. The maximum atomic E-state index is 13.7. The van der Waals surface area contributed by atoms with Crippen molar-refractivity contribution < 1.29 is 13.9 Å². The second-order valence-electron chi connectivity index (χ2n) is 4.03. The Morgan fingerprint density at radius 2 is 1.78 bits per heavy atom. The first-order valence-electron chi connectivity index (χ1n) is 6.44. The molecule has 102 valence electrons. The number of rotatable bonds is 8. The van der Waals surface area contributed by atoms with E-state index in [1.54, 1.807) is 19.1 Å². The summed E-state index contributed by atoms with van der Waals surface area (Å²) in [5, 5.41) is -0.00329. The van der Waals surface area contributed by atoms with Crippen molar-refractivity contribution >= 4 is 11.6 Å². The van der Waals surface area contributed by atoms with Gasteiger partial charge in [-0.25, -0.2) is 4.39 Å². The molecule has 2 nitrogen and oxygen atoms in total. The lowest BCUT2D eigenvalue weighted by atomic mass is 10.2. The third-order valence-corrected chi connectivity index (χ3v) is 2.92. The highest BCUT2D eigenvalue weighted by Crippen LogP contribution is 2.33. The molecule has 1 aromatic carbocycles. The zero-order chi connectivity index (χ0) is 13.4. The van der Waals surface area contributed by atoms with Crippen LogP contribution in [0.3, 0.4) is 0 Å². The van der Waals surface area contributed by atoms with Crippen LogP contribution < -0.4 is 9.47 Å². The van der Waals surface area contributed by atoms with E-state index in [4.69, 9.17) is 21.1 Å².